The summed E-state index contributed by atoms with van der Waals surface area (Å²) in [6.45, 7) is 10.6. The van der Waals surface area contributed by atoms with Gasteiger partial charge in [-0.15, -0.1) is 0 Å². The Morgan fingerprint density at radius 2 is 1.47 bits per heavy atom. The molecule has 0 aromatic heterocycles. The highest BCUT2D eigenvalue weighted by atomic mass is 16.2. The summed E-state index contributed by atoms with van der Waals surface area (Å²) in [6.07, 6.45) is 1.12. The van der Waals surface area contributed by atoms with E-state index < -0.39 is 0 Å². The topological polar surface area (TPSA) is 47.6 Å². The number of benzene rings is 2. The van der Waals surface area contributed by atoms with E-state index in [1.165, 1.54) is 0 Å². The summed E-state index contributed by atoms with van der Waals surface area (Å²) in [7, 11) is 2.16. The molecule has 30 heavy (non-hydrogen) atoms. The van der Waals surface area contributed by atoms with Gasteiger partial charge in [0.2, 0.25) is 0 Å². The van der Waals surface area contributed by atoms with E-state index in [0.29, 0.717) is 19.1 Å². The zero-order chi connectivity index (χ0) is 21.8. The average Bonchev–Trinajstić information content (AvgIpc) is 2.80. The molecule has 2 amide bonds. The van der Waals surface area contributed by atoms with Crippen LogP contribution in [0.5, 0.6) is 0 Å². The van der Waals surface area contributed by atoms with E-state index >= 15 is 0 Å². The van der Waals surface area contributed by atoms with Gasteiger partial charge in [-0.1, -0.05) is 74.5 Å². The van der Waals surface area contributed by atoms with E-state index in [-0.39, 0.29) is 12.1 Å². The maximum absolute atomic E-state index is 13.0. The molecular formula is C25H38N4O. The van der Waals surface area contributed by atoms with Crippen LogP contribution in [-0.4, -0.2) is 61.6 Å². The van der Waals surface area contributed by atoms with Gasteiger partial charge in [-0.05, 0) is 38.1 Å². The van der Waals surface area contributed by atoms with Gasteiger partial charge in [0.15, 0.2) is 0 Å². The van der Waals surface area contributed by atoms with E-state index in [0.717, 1.165) is 37.2 Å². The monoisotopic (exact) mass is 410 g/mol. The van der Waals surface area contributed by atoms with Crippen LogP contribution in [0.4, 0.5) is 4.79 Å². The molecule has 0 spiro atoms. The molecule has 0 radical (unpaired) electrons. The van der Waals surface area contributed by atoms with Crippen molar-refractivity contribution in [1.82, 2.24) is 20.4 Å². The summed E-state index contributed by atoms with van der Waals surface area (Å²) in [6, 6.07) is 20.6. The van der Waals surface area contributed by atoms with Crippen molar-refractivity contribution in [2.45, 2.75) is 39.3 Å². The number of likely N-dealkylation sites (N-methyl/N-ethyl adjacent to an activating group) is 2. The van der Waals surface area contributed by atoms with Crippen LogP contribution < -0.4 is 10.6 Å². The van der Waals surface area contributed by atoms with Crippen molar-refractivity contribution >= 4 is 6.03 Å². The van der Waals surface area contributed by atoms with Crippen molar-refractivity contribution in [2.24, 2.45) is 0 Å². The van der Waals surface area contributed by atoms with Crippen molar-refractivity contribution in [3.63, 3.8) is 0 Å². The first-order chi connectivity index (χ1) is 14.6. The molecule has 0 fully saturated rings. The first-order valence-corrected chi connectivity index (χ1v) is 11.2. The summed E-state index contributed by atoms with van der Waals surface area (Å²) < 4.78 is 0. The largest absolute Gasteiger partial charge is 0.327 e. The molecule has 5 heteroatoms. The molecule has 0 saturated carbocycles. The van der Waals surface area contributed by atoms with Gasteiger partial charge in [0, 0.05) is 32.2 Å². The van der Waals surface area contributed by atoms with Crippen molar-refractivity contribution in [1.29, 1.82) is 0 Å². The molecule has 2 N–H and O–H groups in total. The van der Waals surface area contributed by atoms with Gasteiger partial charge in [0.1, 0.15) is 0 Å². The molecule has 0 saturated heterocycles. The molecule has 5 nitrogen and oxygen atoms in total. The maximum atomic E-state index is 13.0. The molecule has 0 aliphatic heterocycles. The summed E-state index contributed by atoms with van der Waals surface area (Å²) >= 11 is 0. The SMILES string of the molecule is CCC(CNCCN(CC)C(=O)NC(c1ccccc1)c1ccccc1)N(C)CC. The summed E-state index contributed by atoms with van der Waals surface area (Å²) in [5.74, 6) is 0. The number of rotatable bonds is 12. The Labute approximate surface area is 182 Å². The van der Waals surface area contributed by atoms with Crippen LogP contribution in [-0.2, 0) is 0 Å². The van der Waals surface area contributed by atoms with E-state index in [1.54, 1.807) is 0 Å². The fourth-order valence-corrected chi connectivity index (χ4v) is 3.62. The third kappa shape index (κ3) is 7.15. The highest BCUT2D eigenvalue weighted by Crippen LogP contribution is 2.22. The van der Waals surface area contributed by atoms with Gasteiger partial charge < -0.3 is 20.4 Å². The predicted octanol–water partition coefficient (Wildman–Crippen LogP) is 4.13. The number of amides is 2. The number of urea groups is 1. The minimum absolute atomic E-state index is 0.0327. The number of carbonyl (C=O) groups is 1. The van der Waals surface area contributed by atoms with Crippen LogP contribution in [0.15, 0.2) is 60.7 Å². The maximum Gasteiger partial charge on any atom is 0.318 e. The molecular weight excluding hydrogens is 372 g/mol. The first-order valence-electron chi connectivity index (χ1n) is 11.2. The summed E-state index contributed by atoms with van der Waals surface area (Å²) in [4.78, 5) is 17.3. The van der Waals surface area contributed by atoms with Gasteiger partial charge in [-0.25, -0.2) is 4.79 Å². The molecule has 164 valence electrons. The molecule has 1 unspecified atom stereocenters. The molecule has 1 atom stereocenters. The van der Waals surface area contributed by atoms with Crippen LogP contribution in [0.3, 0.4) is 0 Å². The minimum atomic E-state index is -0.162. The lowest BCUT2D eigenvalue weighted by atomic mass is 9.99. The number of hydrogen-bond donors (Lipinski definition) is 2. The van der Waals surface area contributed by atoms with Crippen molar-refractivity contribution < 1.29 is 4.79 Å². The van der Waals surface area contributed by atoms with Gasteiger partial charge in [-0.2, -0.15) is 0 Å². The number of nitrogens with zero attached hydrogens (tertiary/aromatic N) is 2. The van der Waals surface area contributed by atoms with Crippen molar-refractivity contribution in [3.05, 3.63) is 71.8 Å². The number of nitrogens with one attached hydrogen (secondary N) is 2. The third-order valence-corrected chi connectivity index (χ3v) is 5.73. The van der Waals surface area contributed by atoms with Gasteiger partial charge in [0.25, 0.3) is 0 Å². The molecule has 0 bridgehead atoms. The Morgan fingerprint density at radius 1 is 0.900 bits per heavy atom. The van der Waals surface area contributed by atoms with Crippen molar-refractivity contribution in [2.75, 3.05) is 39.8 Å². The Kier molecular flexibility index (Phi) is 10.4. The zero-order valence-electron chi connectivity index (χ0n) is 19.0. The smallest absolute Gasteiger partial charge is 0.318 e. The van der Waals surface area contributed by atoms with Gasteiger partial charge in [-0.3, -0.25) is 0 Å². The second-order valence-electron chi connectivity index (χ2n) is 7.62. The second-order valence-corrected chi connectivity index (χ2v) is 7.62. The third-order valence-electron chi connectivity index (χ3n) is 5.73. The van der Waals surface area contributed by atoms with E-state index in [1.807, 2.05) is 48.2 Å². The summed E-state index contributed by atoms with van der Waals surface area (Å²) in [5.41, 5.74) is 2.17. The van der Waals surface area contributed by atoms with Gasteiger partial charge >= 0.3 is 6.03 Å². The lowest BCUT2D eigenvalue weighted by Gasteiger charge is -2.28. The van der Waals surface area contributed by atoms with E-state index in [9.17, 15) is 4.79 Å². The highest BCUT2D eigenvalue weighted by Gasteiger charge is 2.20. The van der Waals surface area contributed by atoms with Crippen molar-refractivity contribution in [3.8, 4) is 0 Å². The summed E-state index contributed by atoms with van der Waals surface area (Å²) in [5, 5.41) is 6.76. The molecule has 0 aliphatic carbocycles. The quantitative estimate of drug-likeness (QED) is 0.517. The van der Waals surface area contributed by atoms with Crippen LogP contribution in [0.25, 0.3) is 0 Å². The molecule has 2 aromatic carbocycles. The Bertz CT molecular complexity index is 683. The lowest BCUT2D eigenvalue weighted by Crippen LogP contribution is -2.46. The minimum Gasteiger partial charge on any atom is -0.327 e. The predicted molar refractivity (Wildman–Crippen MR) is 126 cm³/mol. The van der Waals surface area contributed by atoms with Crippen LogP contribution in [0.2, 0.25) is 0 Å². The van der Waals surface area contributed by atoms with E-state index in [4.69, 9.17) is 0 Å². The fraction of sp³-hybridized carbons (Fsp3) is 0.480. The number of hydrogen-bond acceptors (Lipinski definition) is 3. The molecule has 0 aliphatic rings. The van der Waals surface area contributed by atoms with Crippen LogP contribution in [0, 0.1) is 0 Å². The lowest BCUT2D eigenvalue weighted by molar-refractivity contribution is 0.196. The standard InChI is InChI=1S/C25H38N4O/c1-5-23(28(4)6-2)20-26-18-19-29(7-3)25(30)27-24(21-14-10-8-11-15-21)22-16-12-9-13-17-22/h8-17,23-24,26H,5-7,18-20H2,1-4H3,(H,27,30). The van der Waals surface area contributed by atoms with Crippen LogP contribution >= 0.6 is 0 Å². The Morgan fingerprint density at radius 3 is 1.93 bits per heavy atom. The molecule has 0 heterocycles. The molecule has 2 aromatic rings. The van der Waals surface area contributed by atoms with Gasteiger partial charge in [0.05, 0.1) is 6.04 Å². The van der Waals surface area contributed by atoms with E-state index in [2.05, 4.69) is 60.7 Å². The average molecular weight is 411 g/mol. The Hall–Kier alpha value is -2.37. The normalized spacial score (nSPS) is 12.2. The fourth-order valence-electron chi connectivity index (χ4n) is 3.62. The molecule has 2 rings (SSSR count). The van der Waals surface area contributed by atoms with Crippen LogP contribution in [0.1, 0.15) is 44.4 Å². The Balaban J connectivity index is 1.96. The first kappa shape index (κ1) is 23.9. The number of carbonyl (C=O) groups excluding carboxylic acids is 1. The highest BCUT2D eigenvalue weighted by molar-refractivity contribution is 5.75. The zero-order valence-corrected chi connectivity index (χ0v) is 19.0. The second kappa shape index (κ2) is 13.0.